The van der Waals surface area contributed by atoms with Gasteiger partial charge in [-0.2, -0.15) is 13.2 Å². The highest BCUT2D eigenvalue weighted by molar-refractivity contribution is 7.98. The smallest absolute Gasteiger partial charge is 0.406 e. The summed E-state index contributed by atoms with van der Waals surface area (Å²) in [5, 5.41) is 22.6. The van der Waals surface area contributed by atoms with E-state index in [-0.39, 0.29) is 24.9 Å². The number of methoxy groups -OCH3 is 1. The fourth-order valence-electron chi connectivity index (χ4n) is 4.86. The molecule has 12 heteroatoms. The Morgan fingerprint density at radius 2 is 1.93 bits per heavy atom. The maximum absolute atomic E-state index is 13.5. The molecule has 1 aliphatic heterocycles. The molecular weight excluding hydrogens is 555 g/mol. The van der Waals surface area contributed by atoms with E-state index < -0.39 is 18.8 Å². The third-order valence-electron chi connectivity index (χ3n) is 6.95. The van der Waals surface area contributed by atoms with Crippen molar-refractivity contribution in [3.63, 3.8) is 0 Å². The van der Waals surface area contributed by atoms with Crippen LogP contribution in [0.2, 0.25) is 0 Å². The monoisotopic (exact) mass is 591 g/mol. The number of β-amino-alcohol motifs (C(OH)–C–C–N with tert-alkyl or cyclic N) is 1. The van der Waals surface area contributed by atoms with E-state index in [1.165, 1.54) is 4.57 Å². The van der Waals surface area contributed by atoms with E-state index in [1.54, 1.807) is 37.1 Å². The molecule has 5 N–H and O–H groups in total. The molecule has 1 saturated heterocycles. The molecule has 0 amide bonds. The first-order valence-corrected chi connectivity index (χ1v) is 14.6. The highest BCUT2D eigenvalue weighted by atomic mass is 32.2. The lowest BCUT2D eigenvalue weighted by atomic mass is 10.1. The number of hydrogen-bond acceptors (Lipinski definition) is 8. The molecular formula is C29H36F3N5O3S. The number of piperidine rings is 1. The van der Waals surface area contributed by atoms with Gasteiger partial charge in [0.2, 0.25) is 0 Å². The predicted molar refractivity (Wildman–Crippen MR) is 157 cm³/mol. The Bertz CT molecular complexity index is 1360. The summed E-state index contributed by atoms with van der Waals surface area (Å²) in [6.45, 7) is 0.783. The number of halogens is 3. The van der Waals surface area contributed by atoms with E-state index in [9.17, 15) is 18.3 Å². The molecule has 0 radical (unpaired) electrons. The van der Waals surface area contributed by atoms with E-state index in [4.69, 9.17) is 9.84 Å². The third-order valence-corrected chi connectivity index (χ3v) is 7.68. The summed E-state index contributed by atoms with van der Waals surface area (Å²) in [4.78, 5) is 3.16. The Morgan fingerprint density at radius 3 is 2.61 bits per heavy atom. The molecule has 4 rings (SSSR count). The van der Waals surface area contributed by atoms with Crippen molar-refractivity contribution in [2.45, 2.75) is 42.6 Å². The number of fused-ring (bicyclic) bond motifs is 1. The van der Waals surface area contributed by atoms with Gasteiger partial charge in [-0.25, -0.2) is 5.43 Å². The van der Waals surface area contributed by atoms with Gasteiger partial charge in [0.1, 0.15) is 12.3 Å². The number of likely N-dealkylation sites (tertiary alicyclic amines) is 1. The fraction of sp³-hybridized carbons (Fsp3) is 0.448. The number of aromatic nitrogens is 1. The van der Waals surface area contributed by atoms with Crippen LogP contribution in [-0.2, 0) is 6.54 Å². The standard InChI is InChI=1S/C29H36F3N5O3S/c1-40-28-16-23(41-2)8-9-26(28)33-12-4-5-21-15-24-25(6-3-7-27(24)37(21)19-29(30,31)32)35-34-20-10-13-36(14-11-20)17-22(39)18-38/h3,6-9,15-16,20,22,33-35,38-39H,10-14,17-19H2,1-2H3. The van der Waals surface area contributed by atoms with Crippen LogP contribution in [0.25, 0.3) is 10.9 Å². The minimum Gasteiger partial charge on any atom is -0.495 e. The number of hydrogen-bond donors (Lipinski definition) is 5. The van der Waals surface area contributed by atoms with Gasteiger partial charge in [-0.1, -0.05) is 12.0 Å². The van der Waals surface area contributed by atoms with Gasteiger partial charge in [-0.05, 0) is 74.5 Å². The van der Waals surface area contributed by atoms with Crippen molar-refractivity contribution in [3.8, 4) is 17.6 Å². The second-order valence-electron chi connectivity index (χ2n) is 9.87. The lowest BCUT2D eigenvalue weighted by Gasteiger charge is -2.33. The molecule has 1 unspecified atom stereocenters. The molecule has 0 spiro atoms. The largest absolute Gasteiger partial charge is 0.495 e. The summed E-state index contributed by atoms with van der Waals surface area (Å²) in [5.41, 5.74) is 8.65. The van der Waals surface area contributed by atoms with Gasteiger partial charge in [0, 0.05) is 22.9 Å². The summed E-state index contributed by atoms with van der Waals surface area (Å²) < 4.78 is 47.3. The Morgan fingerprint density at radius 1 is 1.15 bits per heavy atom. The second kappa shape index (κ2) is 14.2. The number of hydrazine groups is 1. The number of nitrogens with zero attached hydrogens (tertiary/aromatic N) is 2. The molecule has 1 aromatic heterocycles. The van der Waals surface area contributed by atoms with Crippen molar-refractivity contribution in [1.82, 2.24) is 14.9 Å². The quantitative estimate of drug-likeness (QED) is 0.129. The fourth-order valence-corrected chi connectivity index (χ4v) is 5.29. The van der Waals surface area contributed by atoms with Crippen LogP contribution in [0.1, 0.15) is 18.5 Å². The van der Waals surface area contributed by atoms with Crippen LogP contribution >= 0.6 is 11.8 Å². The summed E-state index contributed by atoms with van der Waals surface area (Å²) in [7, 11) is 1.58. The number of alkyl halides is 3. The van der Waals surface area contributed by atoms with E-state index in [1.807, 2.05) is 30.5 Å². The average Bonchev–Trinajstić information content (AvgIpc) is 3.31. The normalized spacial score (nSPS) is 15.4. The number of rotatable bonds is 11. The van der Waals surface area contributed by atoms with Crippen molar-refractivity contribution in [3.05, 3.63) is 48.2 Å². The minimum absolute atomic E-state index is 0.150. The van der Waals surface area contributed by atoms with Gasteiger partial charge in [0.15, 0.2) is 0 Å². The van der Waals surface area contributed by atoms with Gasteiger partial charge in [-0.3, -0.25) is 0 Å². The molecule has 3 aromatic rings. The molecule has 2 heterocycles. The summed E-state index contributed by atoms with van der Waals surface area (Å²) in [6.07, 6.45) is -1.54. The van der Waals surface area contributed by atoms with E-state index in [0.29, 0.717) is 28.9 Å². The van der Waals surface area contributed by atoms with Gasteiger partial charge in [0.05, 0.1) is 49.0 Å². The molecule has 0 aliphatic carbocycles. The van der Waals surface area contributed by atoms with Crippen molar-refractivity contribution in [2.24, 2.45) is 0 Å². The SMILES string of the molecule is COc1cc(SC)ccc1NCC#Cc1cc2c(NNC3CCN(CC(O)CO)CC3)cccc2n1CC(F)(F)F. The Kier molecular flexibility index (Phi) is 10.7. The average molecular weight is 592 g/mol. The lowest BCUT2D eigenvalue weighted by Crippen LogP contribution is -2.46. The van der Waals surface area contributed by atoms with Gasteiger partial charge in [0.25, 0.3) is 0 Å². The Labute approximate surface area is 242 Å². The zero-order valence-electron chi connectivity index (χ0n) is 23.1. The zero-order chi connectivity index (χ0) is 29.4. The molecule has 8 nitrogen and oxygen atoms in total. The maximum Gasteiger partial charge on any atom is 0.406 e. The summed E-state index contributed by atoms with van der Waals surface area (Å²) >= 11 is 1.60. The lowest BCUT2D eigenvalue weighted by molar-refractivity contribution is -0.140. The van der Waals surface area contributed by atoms with Crippen LogP contribution in [0, 0.1) is 11.8 Å². The Hall–Kier alpha value is -3.08. The van der Waals surface area contributed by atoms with Crippen molar-refractivity contribution in [1.29, 1.82) is 0 Å². The number of ether oxygens (including phenoxy) is 1. The first-order valence-electron chi connectivity index (χ1n) is 13.4. The molecule has 1 fully saturated rings. The zero-order valence-corrected chi connectivity index (χ0v) is 23.9. The number of benzene rings is 2. The van der Waals surface area contributed by atoms with Crippen LogP contribution in [0.15, 0.2) is 47.4 Å². The molecule has 0 bridgehead atoms. The van der Waals surface area contributed by atoms with Gasteiger partial charge >= 0.3 is 6.18 Å². The van der Waals surface area contributed by atoms with Crippen molar-refractivity contribution in [2.75, 3.05) is 56.9 Å². The molecule has 1 aliphatic rings. The highest BCUT2D eigenvalue weighted by Gasteiger charge is 2.30. The van der Waals surface area contributed by atoms with Crippen molar-refractivity contribution < 1.29 is 28.1 Å². The van der Waals surface area contributed by atoms with Crippen LogP contribution < -0.4 is 20.9 Å². The summed E-state index contributed by atoms with van der Waals surface area (Å²) in [6, 6.07) is 12.8. The number of aliphatic hydroxyl groups excluding tert-OH is 2. The third kappa shape index (κ3) is 8.47. The van der Waals surface area contributed by atoms with Crippen LogP contribution in [0.4, 0.5) is 24.5 Å². The van der Waals surface area contributed by atoms with Crippen LogP contribution in [0.3, 0.4) is 0 Å². The van der Waals surface area contributed by atoms with Gasteiger partial charge in [-0.15, -0.1) is 11.8 Å². The summed E-state index contributed by atoms with van der Waals surface area (Å²) in [5.74, 6) is 6.55. The molecule has 222 valence electrons. The topological polar surface area (TPSA) is 94.0 Å². The number of anilines is 2. The van der Waals surface area contributed by atoms with Crippen LogP contribution in [0.5, 0.6) is 5.75 Å². The molecule has 1 atom stereocenters. The predicted octanol–water partition coefficient (Wildman–Crippen LogP) is 4.13. The van der Waals surface area contributed by atoms with E-state index in [0.717, 1.165) is 36.5 Å². The van der Waals surface area contributed by atoms with Crippen molar-refractivity contribution >= 4 is 34.0 Å². The van der Waals surface area contributed by atoms with Crippen LogP contribution in [-0.4, -0.2) is 84.2 Å². The highest BCUT2D eigenvalue weighted by Crippen LogP contribution is 2.31. The first-order chi connectivity index (χ1) is 19.7. The van der Waals surface area contributed by atoms with E-state index in [2.05, 4.69) is 32.9 Å². The number of thioether (sulfide) groups is 1. The number of nitrogens with one attached hydrogen (secondary N) is 3. The minimum atomic E-state index is -4.41. The van der Waals surface area contributed by atoms with E-state index >= 15 is 0 Å². The molecule has 41 heavy (non-hydrogen) atoms. The maximum atomic E-state index is 13.5. The molecule has 2 aromatic carbocycles. The first kappa shape index (κ1) is 30.9. The second-order valence-corrected chi connectivity index (χ2v) is 10.8. The molecule has 0 saturated carbocycles. The van der Waals surface area contributed by atoms with Gasteiger partial charge < -0.3 is 35.2 Å². The number of aliphatic hydroxyl groups is 2. The Balaban J connectivity index is 1.48.